The third kappa shape index (κ3) is 3.58. The molecule has 0 radical (unpaired) electrons. The Kier molecular flexibility index (Phi) is 5.19. The Morgan fingerprint density at radius 3 is 2.83 bits per heavy atom. The predicted octanol–water partition coefficient (Wildman–Crippen LogP) is 5.99. The second-order valence-corrected chi connectivity index (χ2v) is 9.14. The summed E-state index contributed by atoms with van der Waals surface area (Å²) in [6.45, 7) is 3.36. The van der Waals surface area contributed by atoms with Crippen LogP contribution in [0.3, 0.4) is 0 Å². The lowest BCUT2D eigenvalue weighted by molar-refractivity contribution is 0.0861. The van der Waals surface area contributed by atoms with Crippen LogP contribution in [0.15, 0.2) is 48.7 Å². The smallest absolute Gasteiger partial charge is 0.262 e. The van der Waals surface area contributed by atoms with Crippen LogP contribution >= 0.6 is 22.9 Å². The van der Waals surface area contributed by atoms with Crippen molar-refractivity contribution in [3.05, 3.63) is 64.1 Å². The summed E-state index contributed by atoms with van der Waals surface area (Å²) in [5, 5.41) is 5.68. The van der Waals surface area contributed by atoms with Gasteiger partial charge in [0.1, 0.15) is 4.88 Å². The Morgan fingerprint density at radius 2 is 2.07 bits per heavy atom. The second kappa shape index (κ2) is 7.99. The monoisotopic (exact) mass is 436 g/mol. The number of hydrogen-bond donors (Lipinski definition) is 1. The van der Waals surface area contributed by atoms with Crippen LogP contribution in [0, 0.1) is 6.92 Å². The Morgan fingerprint density at radius 1 is 1.23 bits per heavy atom. The molecule has 0 saturated carbocycles. The molecule has 152 valence electrons. The first-order valence-corrected chi connectivity index (χ1v) is 11.3. The van der Waals surface area contributed by atoms with Gasteiger partial charge in [-0.2, -0.15) is 0 Å². The molecule has 3 heterocycles. The van der Waals surface area contributed by atoms with Gasteiger partial charge in [-0.3, -0.25) is 9.78 Å². The van der Waals surface area contributed by atoms with E-state index in [0.29, 0.717) is 16.4 Å². The van der Waals surface area contributed by atoms with E-state index in [2.05, 4.69) is 41.5 Å². The predicted molar refractivity (Wildman–Crippen MR) is 124 cm³/mol. The highest BCUT2D eigenvalue weighted by molar-refractivity contribution is 7.22. The molecule has 6 heteroatoms. The molecule has 30 heavy (non-hydrogen) atoms. The molecule has 2 aromatic heterocycles. The molecule has 1 atom stereocenters. The van der Waals surface area contributed by atoms with Gasteiger partial charge in [0.05, 0.1) is 11.6 Å². The number of aryl methyl sites for hydroxylation is 1. The zero-order chi connectivity index (χ0) is 20.7. The van der Waals surface area contributed by atoms with Gasteiger partial charge in [-0.25, -0.2) is 0 Å². The Hall–Kier alpha value is -2.47. The number of carbonyl (C=O) groups excluding carboxylic acids is 1. The number of amides is 1. The van der Waals surface area contributed by atoms with Gasteiger partial charge in [0.25, 0.3) is 5.91 Å². The Labute approximate surface area is 183 Å². The lowest BCUT2D eigenvalue weighted by atomic mass is 10.0. The summed E-state index contributed by atoms with van der Waals surface area (Å²) in [4.78, 5) is 18.6. The Bertz CT molecular complexity index is 1240. The number of halogens is 1. The van der Waals surface area contributed by atoms with Gasteiger partial charge in [0, 0.05) is 45.4 Å². The number of aromatic nitrogens is 1. The normalized spacial score (nSPS) is 16.4. The van der Waals surface area contributed by atoms with Crippen LogP contribution in [0.1, 0.15) is 28.1 Å². The second-order valence-electron chi connectivity index (χ2n) is 7.68. The first-order valence-electron chi connectivity index (χ1n) is 10.1. The quantitative estimate of drug-likeness (QED) is 0.427. The maximum Gasteiger partial charge on any atom is 0.262 e. The van der Waals surface area contributed by atoms with Gasteiger partial charge >= 0.3 is 0 Å². The first-order chi connectivity index (χ1) is 14.6. The van der Waals surface area contributed by atoms with Crippen molar-refractivity contribution < 1.29 is 9.53 Å². The summed E-state index contributed by atoms with van der Waals surface area (Å²) in [5.41, 5.74) is 3.99. The van der Waals surface area contributed by atoms with Gasteiger partial charge in [-0.15, -0.1) is 11.3 Å². The summed E-state index contributed by atoms with van der Waals surface area (Å²) in [5.74, 6) is -0.0718. The minimum absolute atomic E-state index is 0.0718. The van der Waals surface area contributed by atoms with Crippen molar-refractivity contribution in [2.45, 2.75) is 25.9 Å². The Balaban J connectivity index is 1.65. The van der Waals surface area contributed by atoms with Gasteiger partial charge in [-0.05, 0) is 43.5 Å². The summed E-state index contributed by atoms with van der Waals surface area (Å²) < 4.78 is 6.69. The zero-order valence-electron chi connectivity index (χ0n) is 16.6. The first kappa shape index (κ1) is 19.5. The van der Waals surface area contributed by atoms with Crippen LogP contribution < -0.4 is 5.32 Å². The highest BCUT2D eigenvalue weighted by atomic mass is 35.5. The summed E-state index contributed by atoms with van der Waals surface area (Å²) in [7, 11) is 0. The SMILES string of the molecule is Cc1ccc(-c2c(C(=O)NC[C@H]3CCCO3)sc3c2cnc2ccc(Cl)cc23)cc1. The molecule has 0 bridgehead atoms. The number of thiophene rings is 1. The number of hydrogen-bond acceptors (Lipinski definition) is 4. The molecule has 1 fully saturated rings. The molecule has 1 saturated heterocycles. The molecule has 1 amide bonds. The summed E-state index contributed by atoms with van der Waals surface area (Å²) >= 11 is 7.77. The molecule has 5 rings (SSSR count). The number of pyridine rings is 1. The van der Waals surface area contributed by atoms with Gasteiger partial charge in [0.2, 0.25) is 0 Å². The van der Waals surface area contributed by atoms with Crippen LogP contribution in [0.2, 0.25) is 5.02 Å². The number of rotatable bonds is 4. The van der Waals surface area contributed by atoms with E-state index in [1.165, 1.54) is 16.9 Å². The van der Waals surface area contributed by atoms with E-state index in [1.54, 1.807) is 0 Å². The standard InChI is InChI=1S/C24H21ClN2O2S/c1-14-4-6-15(7-5-14)21-19-13-26-20-9-8-16(25)11-18(20)22(19)30-23(21)24(28)27-12-17-3-2-10-29-17/h4-9,11,13,17H,2-3,10,12H2,1H3,(H,27,28)/t17-/m1/s1. The molecule has 0 unspecified atom stereocenters. The molecule has 4 aromatic rings. The molecule has 2 aromatic carbocycles. The van der Waals surface area contributed by atoms with Crippen LogP contribution in [0.4, 0.5) is 0 Å². The lowest BCUT2D eigenvalue weighted by Gasteiger charge is -2.11. The summed E-state index contributed by atoms with van der Waals surface area (Å²) in [6.07, 6.45) is 4.02. The van der Waals surface area contributed by atoms with Gasteiger partial charge < -0.3 is 10.1 Å². The number of fused-ring (bicyclic) bond motifs is 3. The van der Waals surface area contributed by atoms with Crippen LogP contribution in [-0.2, 0) is 4.74 Å². The lowest BCUT2D eigenvalue weighted by Crippen LogP contribution is -2.31. The van der Waals surface area contributed by atoms with Crippen LogP contribution in [0.25, 0.3) is 32.1 Å². The van der Waals surface area contributed by atoms with Gasteiger partial charge in [0.15, 0.2) is 0 Å². The van der Waals surface area contributed by atoms with Crippen LogP contribution in [0.5, 0.6) is 0 Å². The fourth-order valence-electron chi connectivity index (χ4n) is 3.96. The maximum atomic E-state index is 13.2. The molecular weight excluding hydrogens is 416 g/mol. The summed E-state index contributed by atoms with van der Waals surface area (Å²) in [6, 6.07) is 13.9. The molecule has 0 spiro atoms. The number of carbonyl (C=O) groups is 1. The third-order valence-corrected chi connectivity index (χ3v) is 7.01. The van der Waals surface area contributed by atoms with Crippen LogP contribution in [-0.4, -0.2) is 30.1 Å². The van der Waals surface area contributed by atoms with E-state index >= 15 is 0 Å². The average Bonchev–Trinajstić information content (AvgIpc) is 3.40. The highest BCUT2D eigenvalue weighted by Crippen LogP contribution is 2.42. The molecular formula is C24H21ClN2O2S. The number of nitrogens with one attached hydrogen (secondary N) is 1. The molecule has 1 aliphatic heterocycles. The van der Waals surface area contributed by atoms with Crippen molar-refractivity contribution in [1.29, 1.82) is 0 Å². The molecule has 1 aliphatic rings. The number of benzene rings is 2. The van der Waals surface area contributed by atoms with Crippen molar-refractivity contribution >= 4 is 49.8 Å². The van der Waals surface area contributed by atoms with Gasteiger partial charge in [-0.1, -0.05) is 41.4 Å². The fraction of sp³-hybridized carbons (Fsp3) is 0.250. The number of nitrogens with zero attached hydrogens (tertiary/aromatic N) is 1. The van der Waals surface area contributed by atoms with E-state index in [0.717, 1.165) is 51.6 Å². The number of ether oxygens (including phenoxy) is 1. The zero-order valence-corrected chi connectivity index (χ0v) is 18.1. The maximum absolute atomic E-state index is 13.2. The third-order valence-electron chi connectivity index (χ3n) is 5.54. The van der Waals surface area contributed by atoms with Crippen molar-refractivity contribution in [3.63, 3.8) is 0 Å². The highest BCUT2D eigenvalue weighted by Gasteiger charge is 2.23. The van der Waals surface area contributed by atoms with Crippen molar-refractivity contribution in [2.24, 2.45) is 0 Å². The minimum atomic E-state index is -0.0718. The van der Waals surface area contributed by atoms with Crippen molar-refractivity contribution in [3.8, 4) is 11.1 Å². The van der Waals surface area contributed by atoms with E-state index in [-0.39, 0.29) is 12.0 Å². The topological polar surface area (TPSA) is 51.2 Å². The molecule has 4 nitrogen and oxygen atoms in total. The minimum Gasteiger partial charge on any atom is -0.376 e. The largest absolute Gasteiger partial charge is 0.376 e. The van der Waals surface area contributed by atoms with Crippen molar-refractivity contribution in [1.82, 2.24) is 10.3 Å². The van der Waals surface area contributed by atoms with E-state index in [4.69, 9.17) is 16.3 Å². The van der Waals surface area contributed by atoms with E-state index in [1.807, 2.05) is 24.4 Å². The molecule has 0 aliphatic carbocycles. The van der Waals surface area contributed by atoms with E-state index < -0.39 is 0 Å². The van der Waals surface area contributed by atoms with Crippen molar-refractivity contribution in [2.75, 3.05) is 13.2 Å². The average molecular weight is 437 g/mol. The molecule has 1 N–H and O–H groups in total. The van der Waals surface area contributed by atoms with E-state index in [9.17, 15) is 4.79 Å². The fourth-order valence-corrected chi connectivity index (χ4v) is 5.37.